The molecule has 172 valence electrons. The van der Waals surface area contributed by atoms with Crippen molar-refractivity contribution in [3.8, 4) is 28.6 Å². The molecule has 0 aliphatic rings. The van der Waals surface area contributed by atoms with Crippen LogP contribution in [-0.4, -0.2) is 23.2 Å². The summed E-state index contributed by atoms with van der Waals surface area (Å²) in [5.74, 6) is 0.495. The smallest absolute Gasteiger partial charge is 0.307 e. The van der Waals surface area contributed by atoms with Gasteiger partial charge in [-0.05, 0) is 34.9 Å². The molecule has 3 aromatic carbocycles. The molecular weight excluding hydrogens is 430 g/mol. The molecule has 1 aromatic heterocycles. The van der Waals surface area contributed by atoms with Gasteiger partial charge in [-0.1, -0.05) is 66.7 Å². The quantitative estimate of drug-likeness (QED) is 0.338. The molecule has 0 amide bonds. The maximum absolute atomic E-state index is 11.2. The Morgan fingerprint density at radius 1 is 0.765 bits per heavy atom. The number of hydrogen-bond acceptors (Lipinski definition) is 5. The molecule has 0 saturated carbocycles. The first-order chi connectivity index (χ1) is 16.6. The van der Waals surface area contributed by atoms with Crippen molar-refractivity contribution in [2.45, 2.75) is 19.6 Å². The zero-order valence-electron chi connectivity index (χ0n) is 18.8. The van der Waals surface area contributed by atoms with E-state index in [1.807, 2.05) is 66.7 Å². The molecule has 0 bridgehead atoms. The van der Waals surface area contributed by atoms with Gasteiger partial charge in [0.05, 0.1) is 13.5 Å². The molecule has 4 rings (SSSR count). The van der Waals surface area contributed by atoms with Crippen molar-refractivity contribution in [2.24, 2.45) is 0 Å². The number of carboxylic acid groups (broad SMARTS) is 1. The number of hydrogen-bond donors (Lipinski definition) is 1. The second kappa shape index (κ2) is 11.0. The molecule has 0 spiro atoms. The Kier molecular flexibility index (Phi) is 7.40. The third kappa shape index (κ3) is 5.92. The van der Waals surface area contributed by atoms with Gasteiger partial charge in [0.15, 0.2) is 0 Å². The molecule has 6 nitrogen and oxygen atoms in total. The van der Waals surface area contributed by atoms with Crippen LogP contribution in [0.15, 0.2) is 91.0 Å². The Hall–Kier alpha value is -4.32. The number of rotatable bonds is 10. The van der Waals surface area contributed by atoms with Crippen molar-refractivity contribution < 1.29 is 24.1 Å². The van der Waals surface area contributed by atoms with Crippen LogP contribution in [0.3, 0.4) is 0 Å². The summed E-state index contributed by atoms with van der Waals surface area (Å²) in [6.07, 6.45) is -0.0943. The maximum Gasteiger partial charge on any atom is 0.307 e. The summed E-state index contributed by atoms with van der Waals surface area (Å²) in [5, 5.41) is 9.22. The van der Waals surface area contributed by atoms with Gasteiger partial charge in [-0.3, -0.25) is 4.79 Å². The molecule has 4 aromatic rings. The largest absolute Gasteiger partial charge is 0.496 e. The lowest BCUT2D eigenvalue weighted by Gasteiger charge is -2.16. The Morgan fingerprint density at radius 3 is 2.03 bits per heavy atom. The average Bonchev–Trinajstić information content (AvgIpc) is 2.87. The van der Waals surface area contributed by atoms with Crippen LogP contribution in [0, 0.1) is 0 Å². The van der Waals surface area contributed by atoms with E-state index in [1.165, 1.54) is 0 Å². The van der Waals surface area contributed by atoms with Crippen LogP contribution in [0.4, 0.5) is 0 Å². The molecule has 0 aliphatic carbocycles. The highest BCUT2D eigenvalue weighted by molar-refractivity contribution is 5.77. The van der Waals surface area contributed by atoms with Crippen LogP contribution < -0.4 is 14.2 Å². The number of aromatic nitrogens is 1. The summed E-state index contributed by atoms with van der Waals surface area (Å²) in [7, 11) is 1.57. The fourth-order valence-corrected chi connectivity index (χ4v) is 3.53. The van der Waals surface area contributed by atoms with Gasteiger partial charge >= 0.3 is 5.97 Å². The second-order valence-corrected chi connectivity index (χ2v) is 7.66. The van der Waals surface area contributed by atoms with Crippen LogP contribution in [0.25, 0.3) is 11.1 Å². The van der Waals surface area contributed by atoms with E-state index in [1.54, 1.807) is 31.4 Å². The zero-order valence-corrected chi connectivity index (χ0v) is 18.8. The number of pyridine rings is 1. The Balaban J connectivity index is 1.68. The van der Waals surface area contributed by atoms with E-state index in [0.717, 1.165) is 11.1 Å². The van der Waals surface area contributed by atoms with Gasteiger partial charge in [0.1, 0.15) is 19.0 Å². The normalized spacial score (nSPS) is 10.5. The lowest BCUT2D eigenvalue weighted by Crippen LogP contribution is -2.04. The van der Waals surface area contributed by atoms with Crippen molar-refractivity contribution in [1.29, 1.82) is 0 Å². The summed E-state index contributed by atoms with van der Waals surface area (Å²) in [6.45, 7) is 0.697. The van der Waals surface area contributed by atoms with Crippen LogP contribution in [0.1, 0.15) is 16.7 Å². The van der Waals surface area contributed by atoms with E-state index < -0.39 is 5.97 Å². The Bertz CT molecular complexity index is 1240. The summed E-state index contributed by atoms with van der Waals surface area (Å²) >= 11 is 0. The van der Waals surface area contributed by atoms with E-state index in [0.29, 0.717) is 47.4 Å². The SMILES string of the molecule is COc1ccc(CC(=O)O)cc1-c1ccc(OCc2ccccc2)nc1OCc1ccccc1. The van der Waals surface area contributed by atoms with Crippen LogP contribution in [0.2, 0.25) is 0 Å². The maximum atomic E-state index is 11.2. The van der Waals surface area contributed by atoms with Crippen LogP contribution in [-0.2, 0) is 24.4 Å². The fourth-order valence-electron chi connectivity index (χ4n) is 3.53. The van der Waals surface area contributed by atoms with Crippen molar-refractivity contribution in [3.63, 3.8) is 0 Å². The van der Waals surface area contributed by atoms with Crippen molar-refractivity contribution >= 4 is 5.97 Å². The number of aliphatic carboxylic acids is 1. The molecule has 6 heteroatoms. The number of carbonyl (C=O) groups is 1. The molecule has 0 saturated heterocycles. The summed E-state index contributed by atoms with van der Waals surface area (Å²) in [6, 6.07) is 28.6. The van der Waals surface area contributed by atoms with Crippen molar-refractivity contribution in [1.82, 2.24) is 4.98 Å². The molecule has 1 heterocycles. The topological polar surface area (TPSA) is 77.9 Å². The molecular formula is C28H25NO5. The molecule has 0 unspecified atom stereocenters. The highest BCUT2D eigenvalue weighted by atomic mass is 16.5. The minimum atomic E-state index is -0.903. The summed E-state index contributed by atoms with van der Waals surface area (Å²) < 4.78 is 17.6. The molecule has 0 radical (unpaired) electrons. The minimum Gasteiger partial charge on any atom is -0.496 e. The number of ether oxygens (including phenoxy) is 3. The second-order valence-electron chi connectivity index (χ2n) is 7.66. The van der Waals surface area contributed by atoms with Crippen molar-refractivity contribution in [2.75, 3.05) is 7.11 Å². The van der Waals surface area contributed by atoms with Gasteiger partial charge < -0.3 is 19.3 Å². The third-order valence-electron chi connectivity index (χ3n) is 5.19. The highest BCUT2D eigenvalue weighted by Gasteiger charge is 2.16. The molecule has 0 aliphatic heterocycles. The van der Waals surface area contributed by atoms with Crippen LogP contribution in [0.5, 0.6) is 17.5 Å². The van der Waals surface area contributed by atoms with Gasteiger partial charge in [0.2, 0.25) is 11.8 Å². The first-order valence-electron chi connectivity index (χ1n) is 10.9. The standard InChI is InChI=1S/C28H25NO5/c1-32-25-14-12-22(17-27(30)31)16-24(25)23-13-15-26(33-18-20-8-4-2-5-9-20)29-28(23)34-19-21-10-6-3-7-11-21/h2-16H,17-19H2,1H3,(H,30,31). The molecule has 1 N–H and O–H groups in total. The first kappa shape index (κ1) is 22.9. The van der Waals surface area contributed by atoms with E-state index in [-0.39, 0.29) is 6.42 Å². The predicted octanol–water partition coefficient (Wildman–Crippen LogP) is 5.54. The number of nitrogens with zero attached hydrogens (tertiary/aromatic N) is 1. The monoisotopic (exact) mass is 455 g/mol. The summed E-state index contributed by atoms with van der Waals surface area (Å²) in [4.78, 5) is 15.9. The molecule has 0 fully saturated rings. The lowest BCUT2D eigenvalue weighted by molar-refractivity contribution is -0.136. The predicted molar refractivity (Wildman–Crippen MR) is 129 cm³/mol. The van der Waals surface area contributed by atoms with Crippen molar-refractivity contribution in [3.05, 3.63) is 108 Å². The minimum absolute atomic E-state index is 0.0943. The Morgan fingerprint density at radius 2 is 1.41 bits per heavy atom. The van der Waals surface area contributed by atoms with Gasteiger partial charge in [-0.2, -0.15) is 4.98 Å². The van der Waals surface area contributed by atoms with E-state index >= 15 is 0 Å². The molecule has 0 atom stereocenters. The highest BCUT2D eigenvalue weighted by Crippen LogP contribution is 2.37. The van der Waals surface area contributed by atoms with E-state index in [9.17, 15) is 9.90 Å². The third-order valence-corrected chi connectivity index (χ3v) is 5.19. The van der Waals surface area contributed by atoms with Gasteiger partial charge in [-0.15, -0.1) is 0 Å². The molecule has 34 heavy (non-hydrogen) atoms. The van der Waals surface area contributed by atoms with E-state index in [4.69, 9.17) is 14.2 Å². The van der Waals surface area contributed by atoms with Gasteiger partial charge in [-0.25, -0.2) is 0 Å². The number of carboxylic acids is 1. The Labute approximate surface area is 198 Å². The van der Waals surface area contributed by atoms with E-state index in [2.05, 4.69) is 4.98 Å². The number of benzene rings is 3. The fraction of sp³-hybridized carbons (Fsp3) is 0.143. The zero-order chi connectivity index (χ0) is 23.8. The van der Waals surface area contributed by atoms with Gasteiger partial charge in [0, 0.05) is 17.2 Å². The summed E-state index contributed by atoms with van der Waals surface area (Å²) in [5.41, 5.74) is 4.07. The lowest BCUT2D eigenvalue weighted by atomic mass is 10.0. The number of methoxy groups -OCH3 is 1. The van der Waals surface area contributed by atoms with Crippen LogP contribution >= 0.6 is 0 Å². The van der Waals surface area contributed by atoms with Gasteiger partial charge in [0.25, 0.3) is 0 Å². The first-order valence-corrected chi connectivity index (χ1v) is 10.9. The average molecular weight is 456 g/mol.